The van der Waals surface area contributed by atoms with Gasteiger partial charge in [-0.25, -0.2) is 0 Å². The molecule has 0 bridgehead atoms. The molecule has 0 aliphatic carbocycles. The Bertz CT molecular complexity index is 1170. The van der Waals surface area contributed by atoms with Crippen molar-refractivity contribution in [2.24, 2.45) is 0 Å². The van der Waals surface area contributed by atoms with Gasteiger partial charge in [-0.15, -0.1) is 11.3 Å². The molecule has 0 aliphatic heterocycles. The number of benzene rings is 1. The number of ketones is 1. The highest BCUT2D eigenvalue weighted by atomic mass is 35.5. The van der Waals surface area contributed by atoms with Crippen molar-refractivity contribution in [1.29, 1.82) is 0 Å². The number of nitrogens with zero attached hydrogens (tertiary/aromatic N) is 2. The molecule has 168 valence electrons. The summed E-state index contributed by atoms with van der Waals surface area (Å²) in [5, 5.41) is 10.1. The van der Waals surface area contributed by atoms with Gasteiger partial charge in [-0.05, 0) is 57.2 Å². The molecular weight excluding hydrogens is 471 g/mol. The first-order valence-electron chi connectivity index (χ1n) is 9.85. The maximum Gasteiger partial charge on any atom is 0.248 e. The molecule has 0 saturated carbocycles. The predicted octanol–water partition coefficient (Wildman–Crippen LogP) is 5.67. The van der Waals surface area contributed by atoms with Crippen LogP contribution in [-0.2, 0) is 9.59 Å². The van der Waals surface area contributed by atoms with Crippen molar-refractivity contribution in [3.05, 3.63) is 62.0 Å². The van der Waals surface area contributed by atoms with E-state index in [-0.39, 0.29) is 35.5 Å². The number of carbonyl (C=O) groups excluding carboxylic acids is 3. The summed E-state index contributed by atoms with van der Waals surface area (Å²) in [5.41, 5.74) is 2.61. The summed E-state index contributed by atoms with van der Waals surface area (Å²) in [6.07, 6.45) is 0.110. The molecule has 0 saturated heterocycles. The maximum atomic E-state index is 12.6. The molecule has 0 radical (unpaired) electrons. The molecule has 3 aromatic rings. The van der Waals surface area contributed by atoms with Gasteiger partial charge in [0, 0.05) is 24.2 Å². The molecule has 1 aromatic carbocycles. The molecule has 7 nitrogen and oxygen atoms in total. The van der Waals surface area contributed by atoms with Crippen LogP contribution in [0.25, 0.3) is 0 Å². The van der Waals surface area contributed by atoms with Crippen molar-refractivity contribution in [3.8, 4) is 0 Å². The van der Waals surface area contributed by atoms with Gasteiger partial charge < -0.3 is 10.6 Å². The summed E-state index contributed by atoms with van der Waals surface area (Å²) in [4.78, 5) is 37.4. The molecule has 3 rings (SSSR count). The Morgan fingerprint density at radius 3 is 2.41 bits per heavy atom. The first-order chi connectivity index (χ1) is 15.1. The summed E-state index contributed by atoms with van der Waals surface area (Å²) in [7, 11) is 0. The first-order valence-corrected chi connectivity index (χ1v) is 11.4. The average molecular weight is 493 g/mol. The van der Waals surface area contributed by atoms with Crippen molar-refractivity contribution in [2.75, 3.05) is 10.6 Å². The first kappa shape index (κ1) is 24.0. The van der Waals surface area contributed by atoms with E-state index in [0.29, 0.717) is 20.6 Å². The van der Waals surface area contributed by atoms with Gasteiger partial charge in [0.05, 0.1) is 25.6 Å². The van der Waals surface area contributed by atoms with Crippen LogP contribution in [0.15, 0.2) is 36.4 Å². The third-order valence-electron chi connectivity index (χ3n) is 4.73. The number of Topliss-reactive ketones (excluding diaryl/α,β-unsaturated/α-hetero) is 1. The van der Waals surface area contributed by atoms with Crippen molar-refractivity contribution in [1.82, 2.24) is 9.78 Å². The number of carbonyl (C=O) groups is 3. The summed E-state index contributed by atoms with van der Waals surface area (Å²) in [6.45, 7) is 5.51. The molecule has 1 atom stereocenters. The van der Waals surface area contributed by atoms with Crippen LogP contribution < -0.4 is 10.6 Å². The van der Waals surface area contributed by atoms with Crippen LogP contribution in [0.5, 0.6) is 0 Å². The molecule has 2 amide bonds. The van der Waals surface area contributed by atoms with E-state index >= 15 is 0 Å². The van der Waals surface area contributed by atoms with Crippen LogP contribution in [0.1, 0.15) is 46.9 Å². The smallest absolute Gasteiger partial charge is 0.248 e. The zero-order chi connectivity index (χ0) is 23.4. The number of aryl methyl sites for hydroxylation is 2. The van der Waals surface area contributed by atoms with Gasteiger partial charge in [-0.3, -0.25) is 19.1 Å². The third-order valence-corrected chi connectivity index (χ3v) is 6.31. The van der Waals surface area contributed by atoms with Crippen LogP contribution in [0.4, 0.5) is 11.4 Å². The molecule has 0 fully saturated rings. The highest BCUT2D eigenvalue weighted by Crippen LogP contribution is 2.27. The zero-order valence-corrected chi connectivity index (χ0v) is 20.1. The van der Waals surface area contributed by atoms with E-state index in [9.17, 15) is 14.4 Å². The molecule has 10 heteroatoms. The summed E-state index contributed by atoms with van der Waals surface area (Å²) in [6, 6.07) is 9.48. The fourth-order valence-electron chi connectivity index (χ4n) is 3.12. The Morgan fingerprint density at radius 2 is 1.81 bits per heavy atom. The lowest BCUT2D eigenvalue weighted by atomic mass is 10.2. The number of rotatable bonds is 8. The van der Waals surface area contributed by atoms with E-state index < -0.39 is 6.04 Å². The molecular formula is C22H22Cl2N4O3S. The number of halogens is 2. The number of hydrogen-bond acceptors (Lipinski definition) is 5. The van der Waals surface area contributed by atoms with Crippen molar-refractivity contribution >= 4 is 63.5 Å². The summed E-state index contributed by atoms with van der Waals surface area (Å²) < 4.78 is 2.18. The van der Waals surface area contributed by atoms with E-state index in [2.05, 4.69) is 15.7 Å². The number of aromatic nitrogens is 2. The van der Waals surface area contributed by atoms with Gasteiger partial charge in [0.15, 0.2) is 5.78 Å². The molecule has 0 spiro atoms. The lowest BCUT2D eigenvalue weighted by Gasteiger charge is -2.16. The second-order valence-corrected chi connectivity index (χ2v) is 9.43. The van der Waals surface area contributed by atoms with Crippen LogP contribution >= 0.6 is 34.5 Å². The van der Waals surface area contributed by atoms with Crippen LogP contribution in [-0.4, -0.2) is 27.4 Å². The fourth-order valence-corrected chi connectivity index (χ4v) is 4.36. The second kappa shape index (κ2) is 10.3. The van der Waals surface area contributed by atoms with Crippen LogP contribution in [0.3, 0.4) is 0 Å². The molecule has 32 heavy (non-hydrogen) atoms. The minimum atomic E-state index is -0.519. The minimum Gasteiger partial charge on any atom is -0.326 e. The minimum absolute atomic E-state index is 0.0324. The lowest BCUT2D eigenvalue weighted by Crippen LogP contribution is -2.25. The summed E-state index contributed by atoms with van der Waals surface area (Å²) in [5.74, 6) is -0.709. The number of hydrogen-bond donors (Lipinski definition) is 2. The van der Waals surface area contributed by atoms with Gasteiger partial charge in [0.25, 0.3) is 0 Å². The number of amides is 2. The maximum absolute atomic E-state index is 12.6. The van der Waals surface area contributed by atoms with Crippen LogP contribution in [0, 0.1) is 13.8 Å². The number of thiophene rings is 1. The van der Waals surface area contributed by atoms with Gasteiger partial charge >= 0.3 is 0 Å². The Labute approximate surface area is 199 Å². The van der Waals surface area contributed by atoms with E-state index in [1.807, 2.05) is 19.9 Å². The Kier molecular flexibility index (Phi) is 7.71. The lowest BCUT2D eigenvalue weighted by molar-refractivity contribution is -0.119. The number of anilines is 2. The average Bonchev–Trinajstić information content (AvgIpc) is 3.32. The van der Waals surface area contributed by atoms with Crippen molar-refractivity contribution in [2.45, 2.75) is 39.7 Å². The predicted molar refractivity (Wildman–Crippen MR) is 128 cm³/mol. The van der Waals surface area contributed by atoms with Gasteiger partial charge in [-0.1, -0.05) is 23.2 Å². The van der Waals surface area contributed by atoms with Gasteiger partial charge in [0.2, 0.25) is 11.8 Å². The third kappa shape index (κ3) is 5.97. The molecule has 2 heterocycles. The molecule has 2 aromatic heterocycles. The Morgan fingerprint density at radius 1 is 1.06 bits per heavy atom. The Hall–Kier alpha value is -2.68. The molecule has 1 unspecified atom stereocenters. The normalized spacial score (nSPS) is 11.8. The zero-order valence-electron chi connectivity index (χ0n) is 17.7. The fraction of sp³-hybridized carbons (Fsp3) is 0.273. The molecule has 0 aliphatic rings. The number of nitrogens with one attached hydrogen (secondary N) is 2. The van der Waals surface area contributed by atoms with Crippen molar-refractivity contribution < 1.29 is 14.4 Å². The standard InChI is InChI=1S/C22H22Cl2N4O3S/c1-12-10-13(2)28(27-12)14(3)22(31)26-17-5-4-15(11-16(17)23)25-21(30)9-6-18(29)19-7-8-20(24)32-19/h4-5,7-8,10-11,14H,6,9H2,1-3H3,(H,25,30)(H,26,31). The highest BCUT2D eigenvalue weighted by molar-refractivity contribution is 7.18. The highest BCUT2D eigenvalue weighted by Gasteiger charge is 2.19. The second-order valence-electron chi connectivity index (χ2n) is 7.31. The van der Waals surface area contributed by atoms with Crippen LogP contribution in [0.2, 0.25) is 9.36 Å². The Balaban J connectivity index is 1.56. The quantitative estimate of drug-likeness (QED) is 0.396. The van der Waals surface area contributed by atoms with E-state index in [1.54, 1.807) is 41.9 Å². The van der Waals surface area contributed by atoms with E-state index in [1.165, 1.54) is 11.3 Å². The van der Waals surface area contributed by atoms with Gasteiger partial charge in [0.1, 0.15) is 6.04 Å². The largest absolute Gasteiger partial charge is 0.326 e. The monoisotopic (exact) mass is 492 g/mol. The van der Waals surface area contributed by atoms with E-state index in [4.69, 9.17) is 23.2 Å². The molecule has 2 N–H and O–H groups in total. The van der Waals surface area contributed by atoms with Crippen molar-refractivity contribution in [3.63, 3.8) is 0 Å². The summed E-state index contributed by atoms with van der Waals surface area (Å²) >= 11 is 13.3. The van der Waals surface area contributed by atoms with Gasteiger partial charge in [-0.2, -0.15) is 5.10 Å². The SMILES string of the molecule is Cc1cc(C)n(C(C)C(=O)Nc2ccc(NC(=O)CCC(=O)c3ccc(Cl)s3)cc2Cl)n1. The topological polar surface area (TPSA) is 93.1 Å². The van der Waals surface area contributed by atoms with E-state index in [0.717, 1.165) is 11.4 Å².